The highest BCUT2D eigenvalue weighted by atomic mass is 19.1. The number of aromatic nitrogens is 1. The van der Waals surface area contributed by atoms with E-state index in [1.54, 1.807) is 0 Å². The summed E-state index contributed by atoms with van der Waals surface area (Å²) in [5.41, 5.74) is -0.211. The molecule has 0 atom stereocenters. The number of hydrogen-bond donors (Lipinski definition) is 0. The highest BCUT2D eigenvalue weighted by molar-refractivity contribution is 6.41. The molecule has 0 amide bonds. The van der Waals surface area contributed by atoms with Gasteiger partial charge in [0.05, 0.1) is 19.8 Å². The van der Waals surface area contributed by atoms with Crippen molar-refractivity contribution in [1.29, 1.82) is 0 Å². The van der Waals surface area contributed by atoms with Crippen LogP contribution in [-0.4, -0.2) is 31.0 Å². The van der Waals surface area contributed by atoms with E-state index < -0.39 is 17.7 Å². The molecule has 0 spiro atoms. The second kappa shape index (κ2) is 4.50. The van der Waals surface area contributed by atoms with Crippen molar-refractivity contribution in [3.05, 3.63) is 23.8 Å². The summed E-state index contributed by atoms with van der Waals surface area (Å²) in [5.74, 6) is -3.38. The Balaban J connectivity index is 3.19. The van der Waals surface area contributed by atoms with Crippen LogP contribution < -0.4 is 4.74 Å². The van der Waals surface area contributed by atoms with E-state index in [2.05, 4.69) is 14.5 Å². The van der Waals surface area contributed by atoms with Crippen molar-refractivity contribution in [2.45, 2.75) is 0 Å². The van der Waals surface area contributed by atoms with E-state index in [-0.39, 0.29) is 11.3 Å². The Labute approximate surface area is 84.8 Å². The first kappa shape index (κ1) is 11.1. The van der Waals surface area contributed by atoms with Crippen LogP contribution in [0, 0.1) is 5.95 Å². The van der Waals surface area contributed by atoms with Gasteiger partial charge in [-0.1, -0.05) is 0 Å². The number of nitrogens with zero attached hydrogens (tertiary/aromatic N) is 1. The summed E-state index contributed by atoms with van der Waals surface area (Å²) in [5, 5.41) is 0. The summed E-state index contributed by atoms with van der Waals surface area (Å²) in [7, 11) is 2.23. The summed E-state index contributed by atoms with van der Waals surface area (Å²) < 4.78 is 21.9. The van der Waals surface area contributed by atoms with Gasteiger partial charge >= 0.3 is 5.97 Å². The fraction of sp³-hybridized carbons (Fsp3) is 0.222. The highest BCUT2D eigenvalue weighted by Crippen LogP contribution is 2.20. The molecule has 1 rings (SSSR count). The van der Waals surface area contributed by atoms with Gasteiger partial charge in [-0.3, -0.25) is 4.79 Å². The number of hydrogen-bond acceptors (Lipinski definition) is 5. The summed E-state index contributed by atoms with van der Waals surface area (Å²) in [6.45, 7) is 0. The van der Waals surface area contributed by atoms with Crippen molar-refractivity contribution in [2.75, 3.05) is 14.2 Å². The van der Waals surface area contributed by atoms with Crippen LogP contribution in [0.2, 0.25) is 0 Å². The molecule has 0 N–H and O–H groups in total. The smallest absolute Gasteiger partial charge is 0.379 e. The third-order valence-corrected chi connectivity index (χ3v) is 1.68. The SMILES string of the molecule is COC(=O)C(=O)c1ccnc(F)c1OC. The van der Waals surface area contributed by atoms with Gasteiger partial charge in [0, 0.05) is 6.20 Å². The predicted octanol–water partition coefficient (Wildman–Crippen LogP) is 0.585. The molecule has 0 saturated heterocycles. The molecule has 0 aliphatic carbocycles. The number of ether oxygens (including phenoxy) is 2. The molecule has 0 bridgehead atoms. The van der Waals surface area contributed by atoms with Crippen molar-refractivity contribution in [3.8, 4) is 5.75 Å². The van der Waals surface area contributed by atoms with Crippen LogP contribution in [0.4, 0.5) is 4.39 Å². The molecular formula is C9H8FNO4. The number of Topliss-reactive ketones (excluding diaryl/α,β-unsaturated/α-hetero) is 1. The molecule has 1 aromatic heterocycles. The van der Waals surface area contributed by atoms with Crippen LogP contribution >= 0.6 is 0 Å². The highest BCUT2D eigenvalue weighted by Gasteiger charge is 2.23. The minimum Gasteiger partial charge on any atom is -0.491 e. The number of rotatable bonds is 3. The molecule has 1 aromatic rings. The van der Waals surface area contributed by atoms with Crippen molar-refractivity contribution in [1.82, 2.24) is 4.98 Å². The molecule has 6 heteroatoms. The first-order valence-electron chi connectivity index (χ1n) is 3.93. The topological polar surface area (TPSA) is 65.5 Å². The lowest BCUT2D eigenvalue weighted by atomic mass is 10.1. The van der Waals surface area contributed by atoms with E-state index in [4.69, 9.17) is 0 Å². The Morgan fingerprint density at radius 1 is 1.40 bits per heavy atom. The molecule has 80 valence electrons. The Bertz CT molecular complexity index is 405. The maximum Gasteiger partial charge on any atom is 0.379 e. The standard InChI is InChI=1S/C9H8FNO4/c1-14-7-5(3-4-11-8(7)10)6(12)9(13)15-2/h3-4H,1-2H3. The lowest BCUT2D eigenvalue weighted by Gasteiger charge is -2.05. The van der Waals surface area contributed by atoms with E-state index in [1.165, 1.54) is 13.2 Å². The molecule has 15 heavy (non-hydrogen) atoms. The van der Waals surface area contributed by atoms with E-state index in [0.717, 1.165) is 13.3 Å². The largest absolute Gasteiger partial charge is 0.491 e. The monoisotopic (exact) mass is 213 g/mol. The van der Waals surface area contributed by atoms with Gasteiger partial charge in [0.25, 0.3) is 11.7 Å². The van der Waals surface area contributed by atoms with E-state index >= 15 is 0 Å². The van der Waals surface area contributed by atoms with E-state index in [1.807, 2.05) is 0 Å². The lowest BCUT2D eigenvalue weighted by molar-refractivity contribution is -0.135. The third-order valence-electron chi connectivity index (χ3n) is 1.68. The number of carbonyl (C=O) groups is 2. The summed E-state index contributed by atoms with van der Waals surface area (Å²) in [6.07, 6.45) is 1.06. The molecule has 0 aliphatic rings. The first-order chi connectivity index (χ1) is 7.11. The van der Waals surface area contributed by atoms with Crippen LogP contribution in [0.5, 0.6) is 5.75 Å². The second-order valence-electron chi connectivity index (χ2n) is 2.50. The maximum absolute atomic E-state index is 13.0. The number of pyridine rings is 1. The van der Waals surface area contributed by atoms with Gasteiger partial charge < -0.3 is 9.47 Å². The molecule has 0 radical (unpaired) electrons. The van der Waals surface area contributed by atoms with E-state index in [9.17, 15) is 14.0 Å². The molecule has 0 aliphatic heterocycles. The van der Waals surface area contributed by atoms with Gasteiger partial charge in [-0.25, -0.2) is 9.78 Å². The van der Waals surface area contributed by atoms with Gasteiger partial charge in [0.2, 0.25) is 0 Å². The number of halogens is 1. The first-order valence-corrected chi connectivity index (χ1v) is 3.93. The number of esters is 1. The van der Waals surface area contributed by atoms with Crippen LogP contribution in [0.3, 0.4) is 0 Å². The average molecular weight is 213 g/mol. The van der Waals surface area contributed by atoms with Gasteiger partial charge in [-0.2, -0.15) is 4.39 Å². The zero-order valence-corrected chi connectivity index (χ0v) is 8.11. The molecule has 0 saturated carbocycles. The van der Waals surface area contributed by atoms with Crippen LogP contribution in [0.1, 0.15) is 10.4 Å². The molecule has 0 unspecified atom stereocenters. The van der Waals surface area contributed by atoms with Crippen LogP contribution in [0.15, 0.2) is 12.3 Å². The van der Waals surface area contributed by atoms with Gasteiger partial charge in [-0.05, 0) is 6.07 Å². The predicted molar refractivity (Wildman–Crippen MR) is 47.1 cm³/mol. The van der Waals surface area contributed by atoms with Crippen molar-refractivity contribution < 1.29 is 23.5 Å². The lowest BCUT2D eigenvalue weighted by Crippen LogP contribution is -2.17. The second-order valence-corrected chi connectivity index (χ2v) is 2.50. The summed E-state index contributed by atoms with van der Waals surface area (Å²) in [6, 6.07) is 1.18. The maximum atomic E-state index is 13.0. The summed E-state index contributed by atoms with van der Waals surface area (Å²) in [4.78, 5) is 25.6. The number of carbonyl (C=O) groups excluding carboxylic acids is 2. The Kier molecular flexibility index (Phi) is 3.33. The fourth-order valence-corrected chi connectivity index (χ4v) is 0.998. The zero-order valence-electron chi connectivity index (χ0n) is 8.11. The fourth-order valence-electron chi connectivity index (χ4n) is 0.998. The third kappa shape index (κ3) is 2.09. The normalized spacial score (nSPS) is 9.53. The van der Waals surface area contributed by atoms with E-state index in [0.29, 0.717) is 0 Å². The quantitative estimate of drug-likeness (QED) is 0.318. The van der Waals surface area contributed by atoms with Crippen molar-refractivity contribution in [2.24, 2.45) is 0 Å². The van der Waals surface area contributed by atoms with Crippen molar-refractivity contribution >= 4 is 11.8 Å². The minimum atomic E-state index is -1.08. The van der Waals surface area contributed by atoms with Crippen LogP contribution in [0.25, 0.3) is 0 Å². The number of methoxy groups -OCH3 is 2. The van der Waals surface area contributed by atoms with Gasteiger partial charge in [-0.15, -0.1) is 0 Å². The Hall–Kier alpha value is -1.98. The molecule has 1 heterocycles. The molecule has 5 nitrogen and oxygen atoms in total. The van der Waals surface area contributed by atoms with Gasteiger partial charge in [0.15, 0.2) is 5.75 Å². The molecule has 0 fully saturated rings. The minimum absolute atomic E-state index is 0.211. The van der Waals surface area contributed by atoms with Crippen LogP contribution in [-0.2, 0) is 9.53 Å². The molecular weight excluding hydrogens is 205 g/mol. The Morgan fingerprint density at radius 2 is 2.07 bits per heavy atom. The average Bonchev–Trinajstić information content (AvgIpc) is 2.26. The summed E-state index contributed by atoms with van der Waals surface area (Å²) >= 11 is 0. The number of ketones is 1. The molecule has 0 aromatic carbocycles. The van der Waals surface area contributed by atoms with Crippen molar-refractivity contribution in [3.63, 3.8) is 0 Å². The van der Waals surface area contributed by atoms with Gasteiger partial charge in [0.1, 0.15) is 0 Å². The Morgan fingerprint density at radius 3 is 2.60 bits per heavy atom. The zero-order chi connectivity index (χ0) is 11.4.